The molecule has 1 aromatic rings. The number of alkyl halides is 2. The summed E-state index contributed by atoms with van der Waals surface area (Å²) in [6, 6.07) is 3.21. The highest BCUT2D eigenvalue weighted by Crippen LogP contribution is 2.48. The van der Waals surface area contributed by atoms with Crippen LogP contribution in [0.5, 0.6) is 5.75 Å². The van der Waals surface area contributed by atoms with E-state index in [0.29, 0.717) is 11.4 Å². The molecule has 0 bridgehead atoms. The maximum absolute atomic E-state index is 12.6. The van der Waals surface area contributed by atoms with Gasteiger partial charge in [-0.05, 0) is 19.1 Å². The number of primary amides is 1. The maximum atomic E-state index is 12.6. The minimum absolute atomic E-state index is 0.0145. The largest absolute Gasteiger partial charge is 0.491 e. The van der Waals surface area contributed by atoms with Crippen LogP contribution in [0.15, 0.2) is 18.3 Å². The number of amides is 1. The van der Waals surface area contributed by atoms with Gasteiger partial charge in [-0.3, -0.25) is 9.78 Å². The predicted molar refractivity (Wildman–Crippen MR) is 60.4 cm³/mol. The van der Waals surface area contributed by atoms with Crippen LogP contribution in [0.4, 0.5) is 8.78 Å². The number of hydrogen-bond acceptors (Lipinski definition) is 3. The van der Waals surface area contributed by atoms with Crippen LogP contribution in [0.2, 0.25) is 0 Å². The molecule has 0 aliphatic heterocycles. The SMILES string of the molecule is CC(C(N)=O)c1ccc(OCC2CC2(F)F)cn1. The third kappa shape index (κ3) is 2.75. The van der Waals surface area contributed by atoms with Crippen molar-refractivity contribution in [2.45, 2.75) is 25.2 Å². The molecule has 0 spiro atoms. The zero-order valence-electron chi connectivity index (χ0n) is 9.90. The minimum atomic E-state index is -2.58. The number of ether oxygens (including phenoxy) is 1. The van der Waals surface area contributed by atoms with Crippen LogP contribution in [0.1, 0.15) is 25.0 Å². The monoisotopic (exact) mass is 256 g/mol. The minimum Gasteiger partial charge on any atom is -0.491 e. The van der Waals surface area contributed by atoms with E-state index in [4.69, 9.17) is 10.5 Å². The number of nitrogens with zero attached hydrogens (tertiary/aromatic N) is 1. The summed E-state index contributed by atoms with van der Waals surface area (Å²) in [7, 11) is 0. The summed E-state index contributed by atoms with van der Waals surface area (Å²) in [6.45, 7) is 1.63. The summed E-state index contributed by atoms with van der Waals surface area (Å²) in [5.74, 6) is -3.80. The normalized spacial score (nSPS) is 22.3. The summed E-state index contributed by atoms with van der Waals surface area (Å²) >= 11 is 0. The number of hydrogen-bond donors (Lipinski definition) is 1. The molecular weight excluding hydrogens is 242 g/mol. The second-order valence-corrected chi connectivity index (χ2v) is 4.52. The molecule has 1 saturated carbocycles. The first-order valence-corrected chi connectivity index (χ1v) is 5.66. The average molecular weight is 256 g/mol. The van der Waals surface area contributed by atoms with Gasteiger partial charge in [0, 0.05) is 6.42 Å². The number of pyridine rings is 1. The van der Waals surface area contributed by atoms with Gasteiger partial charge >= 0.3 is 0 Å². The van der Waals surface area contributed by atoms with Gasteiger partial charge in [-0.1, -0.05) is 0 Å². The van der Waals surface area contributed by atoms with Gasteiger partial charge in [0.1, 0.15) is 5.75 Å². The third-order valence-corrected chi connectivity index (χ3v) is 3.04. The van der Waals surface area contributed by atoms with Crippen LogP contribution >= 0.6 is 0 Å². The molecule has 1 fully saturated rings. The van der Waals surface area contributed by atoms with Gasteiger partial charge in [-0.2, -0.15) is 0 Å². The quantitative estimate of drug-likeness (QED) is 0.872. The Labute approximate surface area is 103 Å². The zero-order chi connectivity index (χ0) is 13.3. The Morgan fingerprint density at radius 2 is 2.33 bits per heavy atom. The fourth-order valence-corrected chi connectivity index (χ4v) is 1.53. The summed E-state index contributed by atoms with van der Waals surface area (Å²) in [6.07, 6.45) is 1.30. The summed E-state index contributed by atoms with van der Waals surface area (Å²) in [4.78, 5) is 15.0. The van der Waals surface area contributed by atoms with Crippen molar-refractivity contribution >= 4 is 5.91 Å². The lowest BCUT2D eigenvalue weighted by Crippen LogP contribution is -2.19. The fourth-order valence-electron chi connectivity index (χ4n) is 1.53. The molecule has 0 saturated heterocycles. The third-order valence-electron chi connectivity index (χ3n) is 3.04. The van der Waals surface area contributed by atoms with E-state index >= 15 is 0 Å². The number of aromatic nitrogens is 1. The molecule has 0 aromatic carbocycles. The second kappa shape index (κ2) is 4.51. The van der Waals surface area contributed by atoms with Crippen LogP contribution in [-0.4, -0.2) is 23.4 Å². The molecule has 2 atom stereocenters. The lowest BCUT2D eigenvalue weighted by molar-refractivity contribution is -0.119. The Bertz CT molecular complexity index is 448. The first kappa shape index (κ1) is 12.7. The molecule has 2 rings (SSSR count). The molecule has 2 N–H and O–H groups in total. The molecule has 18 heavy (non-hydrogen) atoms. The van der Waals surface area contributed by atoms with Gasteiger partial charge < -0.3 is 10.5 Å². The number of halogens is 2. The van der Waals surface area contributed by atoms with E-state index in [2.05, 4.69) is 4.98 Å². The van der Waals surface area contributed by atoms with Crippen molar-refractivity contribution in [3.05, 3.63) is 24.0 Å². The van der Waals surface area contributed by atoms with E-state index in [1.165, 1.54) is 6.20 Å². The number of carbonyl (C=O) groups excluding carboxylic acids is 1. The van der Waals surface area contributed by atoms with E-state index in [0.717, 1.165) is 0 Å². The number of nitrogens with two attached hydrogens (primary N) is 1. The average Bonchev–Trinajstić information content (AvgIpc) is 2.94. The van der Waals surface area contributed by atoms with Crippen LogP contribution in [-0.2, 0) is 4.79 Å². The number of rotatable bonds is 5. The summed E-state index contributed by atoms with van der Waals surface area (Å²) < 4.78 is 30.4. The van der Waals surface area contributed by atoms with Gasteiger partial charge in [0.05, 0.1) is 30.3 Å². The molecule has 4 nitrogen and oxygen atoms in total. The van der Waals surface area contributed by atoms with Crippen molar-refractivity contribution in [3.63, 3.8) is 0 Å². The van der Waals surface area contributed by atoms with Crippen LogP contribution in [0.3, 0.4) is 0 Å². The van der Waals surface area contributed by atoms with Crippen molar-refractivity contribution in [2.24, 2.45) is 11.7 Å². The van der Waals surface area contributed by atoms with Crippen molar-refractivity contribution in [1.82, 2.24) is 4.98 Å². The molecule has 2 unspecified atom stereocenters. The topological polar surface area (TPSA) is 65.2 Å². The molecular formula is C12H14F2N2O2. The predicted octanol–water partition coefficient (Wildman–Crippen LogP) is 1.70. The van der Waals surface area contributed by atoms with Gasteiger partial charge in [0.25, 0.3) is 5.92 Å². The molecule has 1 aliphatic rings. The molecule has 0 radical (unpaired) electrons. The first-order chi connectivity index (χ1) is 8.40. The van der Waals surface area contributed by atoms with Gasteiger partial charge in [-0.15, -0.1) is 0 Å². The van der Waals surface area contributed by atoms with E-state index < -0.39 is 23.7 Å². The standard InChI is InChI=1S/C12H14F2N2O2/c1-7(11(15)17)10-3-2-9(5-16-10)18-6-8-4-12(8,13)14/h2-3,5,7-8H,4,6H2,1H3,(H2,15,17). The maximum Gasteiger partial charge on any atom is 0.255 e. The molecule has 1 amide bonds. The molecule has 1 aromatic heterocycles. The Kier molecular flexibility index (Phi) is 3.19. The molecule has 1 aliphatic carbocycles. The van der Waals surface area contributed by atoms with Gasteiger partial charge in [0.15, 0.2) is 0 Å². The smallest absolute Gasteiger partial charge is 0.255 e. The van der Waals surface area contributed by atoms with Crippen molar-refractivity contribution < 1.29 is 18.3 Å². The highest BCUT2D eigenvalue weighted by Gasteiger charge is 2.57. The lowest BCUT2D eigenvalue weighted by Gasteiger charge is -2.08. The molecule has 6 heteroatoms. The number of carbonyl (C=O) groups is 1. The van der Waals surface area contributed by atoms with E-state index in [-0.39, 0.29) is 13.0 Å². The Morgan fingerprint density at radius 3 is 2.78 bits per heavy atom. The van der Waals surface area contributed by atoms with Crippen LogP contribution in [0.25, 0.3) is 0 Å². The Morgan fingerprint density at radius 1 is 1.67 bits per heavy atom. The Hall–Kier alpha value is -1.72. The van der Waals surface area contributed by atoms with Crippen molar-refractivity contribution in [3.8, 4) is 5.75 Å². The Balaban J connectivity index is 1.90. The summed E-state index contributed by atoms with van der Waals surface area (Å²) in [5.41, 5.74) is 5.68. The van der Waals surface area contributed by atoms with E-state index in [1.807, 2.05) is 0 Å². The van der Waals surface area contributed by atoms with Crippen molar-refractivity contribution in [1.29, 1.82) is 0 Å². The highest BCUT2D eigenvalue weighted by atomic mass is 19.3. The molecule has 98 valence electrons. The summed E-state index contributed by atoms with van der Waals surface area (Å²) in [5, 5.41) is 0. The van der Waals surface area contributed by atoms with Crippen LogP contribution in [0, 0.1) is 5.92 Å². The second-order valence-electron chi connectivity index (χ2n) is 4.52. The van der Waals surface area contributed by atoms with Crippen molar-refractivity contribution in [2.75, 3.05) is 6.61 Å². The van der Waals surface area contributed by atoms with Gasteiger partial charge in [0.2, 0.25) is 5.91 Å². The first-order valence-electron chi connectivity index (χ1n) is 5.66. The fraction of sp³-hybridized carbons (Fsp3) is 0.500. The highest BCUT2D eigenvalue weighted by molar-refractivity contribution is 5.80. The molecule has 1 heterocycles. The van der Waals surface area contributed by atoms with E-state index in [9.17, 15) is 13.6 Å². The lowest BCUT2D eigenvalue weighted by atomic mass is 10.1. The zero-order valence-corrected chi connectivity index (χ0v) is 9.90. The van der Waals surface area contributed by atoms with Crippen LogP contribution < -0.4 is 10.5 Å². The van der Waals surface area contributed by atoms with Gasteiger partial charge in [-0.25, -0.2) is 8.78 Å². The van der Waals surface area contributed by atoms with E-state index in [1.54, 1.807) is 19.1 Å².